The molecule has 0 saturated heterocycles. The Labute approximate surface area is 153 Å². The van der Waals surface area contributed by atoms with E-state index in [1.54, 1.807) is 17.0 Å². The van der Waals surface area contributed by atoms with Gasteiger partial charge in [-0.1, -0.05) is 0 Å². The summed E-state index contributed by atoms with van der Waals surface area (Å²) in [6.45, 7) is 0.609. The van der Waals surface area contributed by atoms with Crippen molar-refractivity contribution in [2.45, 2.75) is 19.3 Å². The van der Waals surface area contributed by atoms with Crippen molar-refractivity contribution >= 4 is 34.8 Å². The molecule has 4 rings (SSSR count). The van der Waals surface area contributed by atoms with E-state index in [4.69, 9.17) is 0 Å². The Bertz CT molecular complexity index is 990. The van der Waals surface area contributed by atoms with E-state index in [9.17, 15) is 23.2 Å². The van der Waals surface area contributed by atoms with E-state index in [-0.39, 0.29) is 5.91 Å². The van der Waals surface area contributed by atoms with Crippen LogP contribution in [0.25, 0.3) is 0 Å². The van der Waals surface area contributed by atoms with Crippen molar-refractivity contribution < 1.29 is 23.2 Å². The van der Waals surface area contributed by atoms with Crippen LogP contribution in [0.15, 0.2) is 30.3 Å². The fourth-order valence-electron chi connectivity index (χ4n) is 3.49. The fourth-order valence-corrected chi connectivity index (χ4v) is 3.49. The molecule has 2 aromatic rings. The predicted octanol–water partition coefficient (Wildman–Crippen LogP) is 2.38. The predicted molar refractivity (Wildman–Crippen MR) is 94.4 cm³/mol. The Morgan fingerprint density at radius 1 is 0.926 bits per heavy atom. The van der Waals surface area contributed by atoms with Crippen LogP contribution in [0.3, 0.4) is 0 Å². The van der Waals surface area contributed by atoms with Gasteiger partial charge in [0.1, 0.15) is 11.6 Å². The number of hydrogen-bond donors (Lipinski definition) is 2. The molecule has 2 aromatic carbocycles. The van der Waals surface area contributed by atoms with Crippen LogP contribution in [0.2, 0.25) is 0 Å². The van der Waals surface area contributed by atoms with Crippen molar-refractivity contribution in [2.75, 3.05) is 22.1 Å². The molecule has 8 heteroatoms. The monoisotopic (exact) mass is 371 g/mol. The third-order valence-electron chi connectivity index (χ3n) is 4.69. The topological polar surface area (TPSA) is 78.5 Å². The van der Waals surface area contributed by atoms with Gasteiger partial charge in [-0.05, 0) is 48.2 Å². The Kier molecular flexibility index (Phi) is 4.10. The summed E-state index contributed by atoms with van der Waals surface area (Å²) in [6.07, 6.45) is 1.66. The molecule has 2 aliphatic heterocycles. The van der Waals surface area contributed by atoms with Gasteiger partial charge in [0.25, 0.3) is 0 Å². The van der Waals surface area contributed by atoms with E-state index in [2.05, 4.69) is 10.6 Å². The molecule has 0 spiro atoms. The average Bonchev–Trinajstić information content (AvgIpc) is 3.06. The minimum absolute atomic E-state index is 0.0922. The summed E-state index contributed by atoms with van der Waals surface area (Å²) in [7, 11) is 0. The van der Waals surface area contributed by atoms with E-state index >= 15 is 0 Å². The standard InChI is InChI=1S/C19H15F2N3O3/c20-12-2-3-14(21)15(9-12)23-19(27)18(26)22-13-7-10-1-4-16(25)24-6-5-11(8-13)17(10)24/h2-3,7-9H,1,4-6H2,(H,22,26)(H,23,27). The quantitative estimate of drug-likeness (QED) is 0.796. The van der Waals surface area contributed by atoms with Gasteiger partial charge >= 0.3 is 11.8 Å². The van der Waals surface area contributed by atoms with Gasteiger partial charge in [0.15, 0.2) is 0 Å². The minimum Gasteiger partial charge on any atom is -0.318 e. The summed E-state index contributed by atoms with van der Waals surface area (Å²) in [5.41, 5.74) is 2.80. The highest BCUT2D eigenvalue weighted by molar-refractivity contribution is 6.43. The lowest BCUT2D eigenvalue weighted by Crippen LogP contribution is -2.33. The molecular weight excluding hydrogens is 356 g/mol. The van der Waals surface area contributed by atoms with E-state index in [0.29, 0.717) is 31.5 Å². The number of carbonyl (C=O) groups is 3. The Balaban J connectivity index is 1.51. The zero-order valence-electron chi connectivity index (χ0n) is 14.1. The molecule has 2 N–H and O–H groups in total. The van der Waals surface area contributed by atoms with E-state index < -0.39 is 29.1 Å². The largest absolute Gasteiger partial charge is 0.318 e. The molecule has 0 fully saturated rings. The SMILES string of the molecule is O=C(Nc1cc2c3c(c1)CCN3C(=O)CC2)C(=O)Nc1cc(F)ccc1F. The zero-order chi connectivity index (χ0) is 19.1. The number of amides is 3. The molecule has 6 nitrogen and oxygen atoms in total. The summed E-state index contributed by atoms with van der Waals surface area (Å²) in [5, 5.41) is 4.54. The van der Waals surface area contributed by atoms with E-state index in [1.165, 1.54) is 0 Å². The second kappa shape index (κ2) is 6.46. The molecular formula is C19H15F2N3O3. The van der Waals surface area contributed by atoms with Crippen LogP contribution < -0.4 is 15.5 Å². The second-order valence-corrected chi connectivity index (χ2v) is 6.47. The smallest absolute Gasteiger partial charge is 0.314 e. The highest BCUT2D eigenvalue weighted by Gasteiger charge is 2.31. The van der Waals surface area contributed by atoms with Crippen molar-refractivity contribution in [1.29, 1.82) is 0 Å². The summed E-state index contributed by atoms with van der Waals surface area (Å²) in [6, 6.07) is 6.03. The third-order valence-corrected chi connectivity index (χ3v) is 4.69. The van der Waals surface area contributed by atoms with Crippen LogP contribution >= 0.6 is 0 Å². The summed E-state index contributed by atoms with van der Waals surface area (Å²) in [4.78, 5) is 37.8. The molecule has 0 saturated carbocycles. The molecule has 0 aromatic heterocycles. The number of carbonyl (C=O) groups excluding carboxylic acids is 3. The molecule has 138 valence electrons. The molecule has 2 aliphatic rings. The highest BCUT2D eigenvalue weighted by Crippen LogP contribution is 2.38. The number of aryl methyl sites for hydroxylation is 1. The van der Waals surface area contributed by atoms with Gasteiger partial charge in [0, 0.05) is 24.7 Å². The number of hydrogen-bond acceptors (Lipinski definition) is 3. The van der Waals surface area contributed by atoms with Crippen LogP contribution in [0, 0.1) is 11.6 Å². The van der Waals surface area contributed by atoms with Gasteiger partial charge < -0.3 is 15.5 Å². The molecule has 0 aliphatic carbocycles. The normalized spacial score (nSPS) is 14.7. The summed E-state index contributed by atoms with van der Waals surface area (Å²) < 4.78 is 26.8. The maximum absolute atomic E-state index is 13.6. The summed E-state index contributed by atoms with van der Waals surface area (Å²) in [5.74, 6) is -3.58. The molecule has 27 heavy (non-hydrogen) atoms. The molecule has 3 amide bonds. The number of nitrogens with one attached hydrogen (secondary N) is 2. The fraction of sp³-hybridized carbons (Fsp3) is 0.211. The van der Waals surface area contributed by atoms with Crippen LogP contribution in [0.1, 0.15) is 17.5 Å². The second-order valence-electron chi connectivity index (χ2n) is 6.47. The lowest BCUT2D eigenvalue weighted by Gasteiger charge is -2.25. The minimum atomic E-state index is -1.11. The molecule has 0 unspecified atom stereocenters. The van der Waals surface area contributed by atoms with Crippen LogP contribution in [0.5, 0.6) is 0 Å². The van der Waals surface area contributed by atoms with E-state index in [0.717, 1.165) is 35.0 Å². The first-order chi connectivity index (χ1) is 12.9. The average molecular weight is 371 g/mol. The maximum Gasteiger partial charge on any atom is 0.314 e. The van der Waals surface area contributed by atoms with Gasteiger partial charge in [-0.15, -0.1) is 0 Å². The first-order valence-electron chi connectivity index (χ1n) is 8.46. The Morgan fingerprint density at radius 2 is 1.63 bits per heavy atom. The van der Waals surface area contributed by atoms with E-state index in [1.807, 2.05) is 0 Å². The van der Waals surface area contributed by atoms with Gasteiger partial charge in [-0.3, -0.25) is 14.4 Å². The van der Waals surface area contributed by atoms with Crippen molar-refractivity contribution in [3.05, 3.63) is 53.1 Å². The number of anilines is 3. The van der Waals surface area contributed by atoms with Crippen molar-refractivity contribution in [3.8, 4) is 0 Å². The molecule has 0 radical (unpaired) electrons. The lowest BCUT2D eigenvalue weighted by molar-refractivity contribution is -0.133. The first kappa shape index (κ1) is 17.1. The van der Waals surface area contributed by atoms with Crippen LogP contribution in [-0.2, 0) is 27.2 Å². The van der Waals surface area contributed by atoms with Crippen molar-refractivity contribution in [2.24, 2.45) is 0 Å². The molecule has 2 heterocycles. The van der Waals surface area contributed by atoms with Crippen molar-refractivity contribution in [1.82, 2.24) is 0 Å². The molecule has 0 bridgehead atoms. The third kappa shape index (κ3) is 3.14. The highest BCUT2D eigenvalue weighted by atomic mass is 19.1. The molecule has 0 atom stereocenters. The number of halogens is 2. The number of benzene rings is 2. The Hall–Kier alpha value is -3.29. The first-order valence-corrected chi connectivity index (χ1v) is 8.46. The Morgan fingerprint density at radius 3 is 2.41 bits per heavy atom. The number of nitrogens with zero attached hydrogens (tertiary/aromatic N) is 1. The van der Waals surface area contributed by atoms with Crippen LogP contribution in [0.4, 0.5) is 25.8 Å². The van der Waals surface area contributed by atoms with Gasteiger partial charge in [-0.2, -0.15) is 0 Å². The maximum atomic E-state index is 13.6. The van der Waals surface area contributed by atoms with Gasteiger partial charge in [0.2, 0.25) is 5.91 Å². The van der Waals surface area contributed by atoms with Crippen LogP contribution in [-0.4, -0.2) is 24.3 Å². The zero-order valence-corrected chi connectivity index (χ0v) is 14.1. The van der Waals surface area contributed by atoms with Crippen molar-refractivity contribution in [3.63, 3.8) is 0 Å². The number of rotatable bonds is 2. The summed E-state index contributed by atoms with van der Waals surface area (Å²) >= 11 is 0. The van der Waals surface area contributed by atoms with Gasteiger partial charge in [0.05, 0.1) is 11.4 Å². The lowest BCUT2D eigenvalue weighted by atomic mass is 9.98. The van der Waals surface area contributed by atoms with Gasteiger partial charge in [-0.25, -0.2) is 8.78 Å².